The Kier molecular flexibility index (Phi) is 53.9. The molecule has 22 heteroatoms. The molecule has 0 unspecified atom stereocenters. The first kappa shape index (κ1) is 107. The van der Waals surface area contributed by atoms with Crippen LogP contribution in [0.4, 0.5) is 93.5 Å². The average Bonchev–Trinajstić information content (AvgIpc) is 0.680. The lowest BCUT2D eigenvalue weighted by molar-refractivity contribution is 0.250. The molecule has 0 amide bonds. The zero-order chi connectivity index (χ0) is 88.4. The van der Waals surface area contributed by atoms with Crippen LogP contribution in [0.25, 0.3) is 0 Å². The van der Waals surface area contributed by atoms with Crippen molar-refractivity contribution < 1.29 is 87.8 Å². The van der Waals surface area contributed by atoms with E-state index in [4.69, 9.17) is 0 Å². The van der Waals surface area contributed by atoms with Crippen LogP contribution in [-0.4, -0.2) is 25.8 Å². The van der Waals surface area contributed by atoms with Crippen molar-refractivity contribution in [3.05, 3.63) is 145 Å². The highest BCUT2D eigenvalue weighted by Gasteiger charge is 2.53. The van der Waals surface area contributed by atoms with Crippen LogP contribution in [0.2, 0.25) is 0 Å². The quantitative estimate of drug-likeness (QED) is 0.00909. The maximum Gasteiger partial charge on any atom is 0.200 e. The Hall–Kier alpha value is -5.28. The van der Waals surface area contributed by atoms with Gasteiger partial charge in [0.25, 0.3) is 0 Å². The maximum atomic E-state index is 15.4. The highest BCUT2D eigenvalue weighted by atomic mass is 19.2. The maximum absolute atomic E-state index is 15.4. The molecule has 0 atom stereocenters. The minimum absolute atomic E-state index is 1.32. The average molecular weight is 1730 g/mol. The minimum atomic E-state index is -7.22. The monoisotopic (exact) mass is 1730 g/mol. The molecule has 0 radical (unpaired) electrons. The van der Waals surface area contributed by atoms with Crippen molar-refractivity contribution in [1.29, 1.82) is 0 Å². The van der Waals surface area contributed by atoms with E-state index in [9.17, 15) is 52.7 Å². The molecule has 0 heterocycles. The molecule has 0 aliphatic carbocycles. The molecule has 0 saturated heterocycles. The summed E-state index contributed by atoms with van der Waals surface area (Å²) < 4.78 is 295. The molecule has 0 N–H and O–H groups in total. The van der Waals surface area contributed by atoms with Crippen LogP contribution in [-0.2, 0) is 19.3 Å². The first-order valence-electron chi connectivity index (χ1n) is 47.1. The predicted molar refractivity (Wildman–Crippen MR) is 456 cm³/mol. The number of quaternary nitrogens is 1. The summed E-state index contributed by atoms with van der Waals surface area (Å²) in [6.07, 6.45) is 77.3. The third-order valence-corrected chi connectivity index (χ3v) is 24.9. The second kappa shape index (κ2) is 60.4. The molecule has 1 nitrogen and oxygen atoms in total. The smallest absolute Gasteiger partial charge is 0.200 e. The number of hydrogen-bond acceptors (Lipinski definition) is 0. The molecule has 5 rings (SSSR count). The Morgan fingerprint density at radius 3 is 0.533 bits per heavy atom. The third-order valence-electron chi connectivity index (χ3n) is 24.9. The van der Waals surface area contributed by atoms with Crippen LogP contribution in [0.15, 0.2) is 12.1 Å². The second-order valence-electron chi connectivity index (χ2n) is 34.2. The Balaban J connectivity index is 0.000000567. The summed E-state index contributed by atoms with van der Waals surface area (Å²) in [4.78, 5) is 0. The van der Waals surface area contributed by atoms with Gasteiger partial charge in [0.15, 0.2) is 69.8 Å². The largest absolute Gasteiger partial charge is 0.291 e. The molecular weight excluding hydrogens is 1580 g/mol. The summed E-state index contributed by atoms with van der Waals surface area (Å²) in [7, 11) is 0. The van der Waals surface area contributed by atoms with Gasteiger partial charge in [-0.25, -0.2) is 87.8 Å². The lowest BCUT2D eigenvalue weighted by Crippen LogP contribution is -2.81. The first-order chi connectivity index (χ1) is 57.8. The van der Waals surface area contributed by atoms with Crippen molar-refractivity contribution in [1.82, 2.24) is 4.48 Å². The topological polar surface area (TPSA) is 0 Å². The molecule has 0 bridgehead atoms. The van der Waals surface area contributed by atoms with E-state index in [0.29, 0.717) is 0 Å². The number of hydrogen-bond donors (Lipinski definition) is 0. The first-order valence-corrected chi connectivity index (χ1v) is 47.1. The van der Waals surface area contributed by atoms with Gasteiger partial charge < -0.3 is 0 Å². The van der Waals surface area contributed by atoms with Crippen molar-refractivity contribution >= 4 is 33.7 Å². The van der Waals surface area contributed by atoms with Crippen molar-refractivity contribution in [2.45, 2.75) is 420 Å². The Morgan fingerprint density at radius 1 is 0.175 bits per heavy atom. The van der Waals surface area contributed by atoms with Crippen molar-refractivity contribution in [3.63, 3.8) is 0 Å². The normalized spacial score (nSPS) is 12.0. The Morgan fingerprint density at radius 2 is 0.333 bits per heavy atom. The summed E-state index contributed by atoms with van der Waals surface area (Å²) in [6, 6.07) is 5.58. The van der Waals surface area contributed by atoms with Gasteiger partial charge in [-0.15, -0.1) is 21.9 Å². The second-order valence-corrected chi connectivity index (χ2v) is 34.2. The van der Waals surface area contributed by atoms with Crippen LogP contribution in [0.3, 0.4) is 0 Å². The van der Waals surface area contributed by atoms with E-state index in [1.165, 1.54) is 403 Å². The van der Waals surface area contributed by atoms with Gasteiger partial charge >= 0.3 is 0 Å². The van der Waals surface area contributed by atoms with E-state index < -0.39 is 144 Å². The van der Waals surface area contributed by atoms with E-state index in [0.717, 1.165) is 0 Å². The fraction of sp³-hybridized carbons (Fsp3) is 0.694. The van der Waals surface area contributed by atoms with Gasteiger partial charge in [0.05, 0.1) is 19.6 Å². The number of benzene rings is 5. The molecule has 684 valence electrons. The summed E-state index contributed by atoms with van der Waals surface area (Å²) in [6.45, 7) is 18.4. The minimum Gasteiger partial charge on any atom is -0.291 e. The lowest BCUT2D eigenvalue weighted by atomic mass is 9.12. The summed E-state index contributed by atoms with van der Waals surface area (Å²) >= 11 is 0. The van der Waals surface area contributed by atoms with E-state index >= 15 is 35.1 Å². The number of rotatable bonds is 67. The van der Waals surface area contributed by atoms with Crippen LogP contribution in [0, 0.1) is 116 Å². The van der Waals surface area contributed by atoms with Gasteiger partial charge in [0.1, 0.15) is 58.4 Å². The van der Waals surface area contributed by atoms with Crippen LogP contribution in [0.1, 0.15) is 418 Å². The SMILES string of the molecule is CCCCCCCCCCCCCCCCCC[N+](CCCCCCCC)(CCCCCCCCCCCCCCCCCC)c1ccc(CCCCCCCC)c(CCCCCCCC)c1CCCCCCCC.Fc1c(F)c(F)c([B-](c2c(F)c(F)c(F)c(F)c2F)(c2c(F)c(F)c(F)c(F)c2F)c2c(F)c(F)c(F)c(F)c2F)c(F)c1F. The molecule has 0 saturated carbocycles. The number of unbranched alkanes of at least 4 members (excludes halogenated alkanes) is 50. The Bertz CT molecular complexity index is 3280. The van der Waals surface area contributed by atoms with Gasteiger partial charge in [-0.3, -0.25) is 4.48 Å². The zero-order valence-electron chi connectivity index (χ0n) is 73.6. The van der Waals surface area contributed by atoms with Crippen LogP contribution in [0.5, 0.6) is 0 Å². The van der Waals surface area contributed by atoms with E-state index in [1.54, 1.807) is 5.56 Å². The van der Waals surface area contributed by atoms with E-state index in [-0.39, 0.29) is 0 Å². The van der Waals surface area contributed by atoms with Crippen molar-refractivity contribution in [3.8, 4) is 0 Å². The van der Waals surface area contributed by atoms with Gasteiger partial charge in [-0.05, 0) is 94.2 Å². The number of nitrogens with zero attached hydrogens (tertiary/aromatic N) is 1. The summed E-state index contributed by atoms with van der Waals surface area (Å²) in [5, 5.41) is 0. The highest BCUT2D eigenvalue weighted by Crippen LogP contribution is 2.39. The molecule has 120 heavy (non-hydrogen) atoms. The Labute approximate surface area is 707 Å². The molecule has 0 aromatic heterocycles. The lowest BCUT2D eigenvalue weighted by Gasteiger charge is -2.44. The van der Waals surface area contributed by atoms with Crippen LogP contribution >= 0.6 is 0 Å². The van der Waals surface area contributed by atoms with Gasteiger partial charge in [-0.1, -0.05) is 349 Å². The van der Waals surface area contributed by atoms with E-state index in [1.807, 2.05) is 16.8 Å². The van der Waals surface area contributed by atoms with Gasteiger partial charge in [0, 0.05) is 5.56 Å². The molecule has 0 fully saturated rings. The molecule has 0 spiro atoms. The highest BCUT2D eigenvalue weighted by molar-refractivity contribution is 7.20. The number of aryl methyl sites for hydroxylation is 1. The molecule has 5 aromatic rings. The summed E-state index contributed by atoms with van der Waals surface area (Å²) in [5.41, 5.74) is -6.96. The van der Waals surface area contributed by atoms with Gasteiger partial charge in [-0.2, -0.15) is 0 Å². The fourth-order valence-electron chi connectivity index (χ4n) is 17.9. The molecule has 5 aromatic carbocycles. The van der Waals surface area contributed by atoms with E-state index in [2.05, 4.69) is 53.7 Å². The zero-order valence-corrected chi connectivity index (χ0v) is 73.6. The standard InChI is InChI=1S/C74H144N.C24BF20/c1-7-13-19-25-31-33-35-37-39-41-43-45-47-49-55-61-69-75(68-60-54-30-24-18-12-6,70-62-56-50-48-46-44-42-40-38-36-34-32-26-20-14-8-2)74-67-66-71(63-57-51-27-21-15-9-3)72(64-58-52-28-22-16-10-4)73(74)65-59-53-29-23-17-11-5;26-5-1(6(27)14(35)21(42)13(5)34)25(2-7(28)15(36)22(43)16(37)8(2)29,3-9(30)17(38)23(44)18(39)10(3)31)4-11(32)19(40)24(45)20(41)12(4)33/h66-67H,7-65,68-70H2,1-6H3;/q+1;-1. The summed E-state index contributed by atoms with van der Waals surface area (Å²) in [5.74, 6) is -71.4. The van der Waals surface area contributed by atoms with Gasteiger partial charge in [0.2, 0.25) is 0 Å². The molecular formula is C98H144BF20N. The van der Waals surface area contributed by atoms with Crippen molar-refractivity contribution in [2.24, 2.45) is 0 Å². The predicted octanol–water partition coefficient (Wildman–Crippen LogP) is 32.4. The third kappa shape index (κ3) is 32.3. The molecule has 0 aliphatic heterocycles. The van der Waals surface area contributed by atoms with Crippen LogP contribution < -0.4 is 26.3 Å². The number of halogens is 20. The van der Waals surface area contributed by atoms with Crippen molar-refractivity contribution in [2.75, 3.05) is 19.6 Å². The molecule has 0 aliphatic rings. The fourth-order valence-corrected chi connectivity index (χ4v) is 17.9.